The van der Waals surface area contributed by atoms with Crippen molar-refractivity contribution in [1.29, 1.82) is 0 Å². The molecule has 0 aliphatic carbocycles. The number of nitrogens with zero attached hydrogens (tertiary/aromatic N) is 2. The first-order valence-corrected chi connectivity index (χ1v) is 7.49. The second-order valence-electron chi connectivity index (χ2n) is 2.93. The number of alkyl halides is 2. The van der Waals surface area contributed by atoms with Gasteiger partial charge in [-0.25, -0.2) is 0 Å². The highest BCUT2D eigenvalue weighted by Gasteiger charge is 2.27. The van der Waals surface area contributed by atoms with Crippen molar-refractivity contribution in [3.63, 3.8) is 0 Å². The summed E-state index contributed by atoms with van der Waals surface area (Å²) < 4.78 is 18.1. The lowest BCUT2D eigenvalue weighted by molar-refractivity contribution is -0.139. The number of amides is 1. The average molecular weight is 320 g/mol. The van der Waals surface area contributed by atoms with Crippen LogP contribution >= 0.6 is 35.7 Å². The molecule has 8 heteroatoms. The lowest BCUT2D eigenvalue weighted by Crippen LogP contribution is -2.46. The summed E-state index contributed by atoms with van der Waals surface area (Å²) in [6, 6.07) is 0. The third kappa shape index (κ3) is 3.71. The second-order valence-corrected chi connectivity index (χ2v) is 5.21. The molecule has 1 aliphatic rings. The number of halogens is 2. The van der Waals surface area contributed by atoms with E-state index in [2.05, 4.69) is 15.9 Å². The summed E-state index contributed by atoms with van der Waals surface area (Å²) >= 11 is 8.68. The van der Waals surface area contributed by atoms with Gasteiger partial charge in [-0.15, -0.1) is 16.4 Å². The first-order chi connectivity index (χ1) is 7.20. The summed E-state index contributed by atoms with van der Waals surface area (Å²) in [5.41, 5.74) is 0. The molecule has 1 rings (SSSR count). The van der Waals surface area contributed by atoms with Crippen LogP contribution in [0.15, 0.2) is 0 Å². The molecule has 0 N–H and O–H groups in total. The van der Waals surface area contributed by atoms with Crippen LogP contribution in [0.3, 0.4) is 0 Å². The van der Waals surface area contributed by atoms with Crippen LogP contribution in [0.25, 0.3) is 0 Å². The highest BCUT2D eigenvalue weighted by molar-refractivity contribution is 9.09. The molecule has 1 unspecified atom stereocenters. The number of hydrogen-bond acceptors (Lipinski definition) is 3. The molecule has 0 saturated carbocycles. The molecular weight excluding hydrogens is 306 g/mol. The normalized spacial score (nSPS) is 22.7. The molecule has 15 heavy (non-hydrogen) atoms. The Kier molecular flexibility index (Phi) is 6.16. The van der Waals surface area contributed by atoms with Crippen LogP contribution in [0.5, 0.6) is 0 Å². The zero-order chi connectivity index (χ0) is 11.3. The summed E-state index contributed by atoms with van der Waals surface area (Å²) in [5.74, 6) is 0.157. The predicted molar refractivity (Wildman–Crippen MR) is 62.5 cm³/mol. The van der Waals surface area contributed by atoms with E-state index in [0.29, 0.717) is 25.6 Å². The zero-order valence-electron chi connectivity index (χ0n) is 8.12. The van der Waals surface area contributed by atoms with Crippen LogP contribution in [-0.4, -0.2) is 46.6 Å². The van der Waals surface area contributed by atoms with Gasteiger partial charge in [0.1, 0.15) is 0 Å². The first-order valence-electron chi connectivity index (χ1n) is 4.57. The minimum Gasteiger partial charge on any atom is -0.318 e. The van der Waals surface area contributed by atoms with E-state index in [9.17, 15) is 9.36 Å². The standard InChI is InChI=1S/C7H13BrClN2O3P/c8-6-7(12)10(4-2-9)11-3-1-5-14-15(11)13/h15H,1-6H2. The molecule has 0 aromatic rings. The Morgan fingerprint density at radius 1 is 1.67 bits per heavy atom. The third-order valence-corrected chi connectivity index (χ3v) is 3.93. The van der Waals surface area contributed by atoms with Crippen molar-refractivity contribution in [2.45, 2.75) is 6.42 Å². The maximum Gasteiger partial charge on any atom is 0.278 e. The zero-order valence-corrected chi connectivity index (χ0v) is 11.5. The van der Waals surface area contributed by atoms with Gasteiger partial charge in [-0.1, -0.05) is 15.9 Å². The SMILES string of the molecule is O=C(CBr)N(CCCl)N1CCCO[PH]1=O. The van der Waals surface area contributed by atoms with Crippen molar-refractivity contribution < 1.29 is 13.9 Å². The van der Waals surface area contributed by atoms with Crippen LogP contribution in [0.1, 0.15) is 6.42 Å². The third-order valence-electron chi connectivity index (χ3n) is 1.94. The van der Waals surface area contributed by atoms with Crippen LogP contribution in [0.2, 0.25) is 0 Å². The fraction of sp³-hybridized carbons (Fsp3) is 0.857. The van der Waals surface area contributed by atoms with E-state index in [1.54, 1.807) is 0 Å². The van der Waals surface area contributed by atoms with Gasteiger partial charge < -0.3 is 4.52 Å². The quantitative estimate of drug-likeness (QED) is 0.582. The summed E-state index contributed by atoms with van der Waals surface area (Å²) in [6.07, 6.45) is 0.769. The van der Waals surface area contributed by atoms with E-state index < -0.39 is 8.18 Å². The summed E-state index contributed by atoms with van der Waals surface area (Å²) in [4.78, 5) is 11.5. The Morgan fingerprint density at radius 2 is 2.40 bits per heavy atom. The topological polar surface area (TPSA) is 49.9 Å². The number of carbonyl (C=O) groups excluding carboxylic acids is 1. The molecule has 0 aromatic heterocycles. The van der Waals surface area contributed by atoms with Crippen molar-refractivity contribution in [2.75, 3.05) is 30.9 Å². The van der Waals surface area contributed by atoms with Crippen molar-refractivity contribution in [1.82, 2.24) is 9.79 Å². The van der Waals surface area contributed by atoms with Crippen LogP contribution in [0.4, 0.5) is 0 Å². The lowest BCUT2D eigenvalue weighted by Gasteiger charge is -2.35. The average Bonchev–Trinajstić information content (AvgIpc) is 2.26. The van der Waals surface area contributed by atoms with E-state index in [1.165, 1.54) is 9.79 Å². The van der Waals surface area contributed by atoms with Crippen molar-refractivity contribution in [2.24, 2.45) is 0 Å². The van der Waals surface area contributed by atoms with Crippen molar-refractivity contribution >= 4 is 41.6 Å². The Hall–Kier alpha value is 0.390. The second kappa shape index (κ2) is 6.86. The molecule has 0 bridgehead atoms. The van der Waals surface area contributed by atoms with Crippen molar-refractivity contribution in [3.8, 4) is 0 Å². The molecule has 0 spiro atoms. The van der Waals surface area contributed by atoms with E-state index in [-0.39, 0.29) is 11.2 Å². The Morgan fingerprint density at radius 3 is 2.93 bits per heavy atom. The highest BCUT2D eigenvalue weighted by Crippen LogP contribution is 2.34. The Balaban J connectivity index is 2.68. The lowest BCUT2D eigenvalue weighted by atomic mass is 10.4. The fourth-order valence-corrected chi connectivity index (χ4v) is 2.95. The van der Waals surface area contributed by atoms with E-state index in [1.807, 2.05) is 0 Å². The van der Waals surface area contributed by atoms with E-state index >= 15 is 0 Å². The predicted octanol–water partition coefficient (Wildman–Crippen LogP) is 1.48. The van der Waals surface area contributed by atoms with Crippen LogP contribution < -0.4 is 0 Å². The molecule has 1 amide bonds. The minimum atomic E-state index is -2.30. The monoisotopic (exact) mass is 318 g/mol. The molecule has 1 heterocycles. The Bertz CT molecular complexity index is 256. The first kappa shape index (κ1) is 13.5. The van der Waals surface area contributed by atoms with Gasteiger partial charge in [-0.2, -0.15) is 0 Å². The highest BCUT2D eigenvalue weighted by atomic mass is 79.9. The van der Waals surface area contributed by atoms with Gasteiger partial charge in [0.25, 0.3) is 8.18 Å². The van der Waals surface area contributed by atoms with Gasteiger partial charge in [0.05, 0.1) is 18.5 Å². The molecule has 1 atom stereocenters. The molecule has 1 fully saturated rings. The molecule has 0 radical (unpaired) electrons. The fourth-order valence-electron chi connectivity index (χ4n) is 1.29. The van der Waals surface area contributed by atoms with Gasteiger partial charge in [-0.3, -0.25) is 14.4 Å². The molecule has 88 valence electrons. The molecule has 1 saturated heterocycles. The van der Waals surface area contributed by atoms with Gasteiger partial charge in [0.15, 0.2) is 0 Å². The number of hydrazine groups is 1. The van der Waals surface area contributed by atoms with E-state index in [4.69, 9.17) is 16.1 Å². The molecular formula is C7H13BrClN2O3P. The van der Waals surface area contributed by atoms with Gasteiger partial charge in [0, 0.05) is 12.4 Å². The maximum absolute atomic E-state index is 11.6. The minimum absolute atomic E-state index is 0.153. The Labute approximate surface area is 103 Å². The summed E-state index contributed by atoms with van der Waals surface area (Å²) in [6.45, 7) is 1.42. The molecule has 0 aromatic carbocycles. The van der Waals surface area contributed by atoms with Crippen molar-refractivity contribution in [3.05, 3.63) is 0 Å². The largest absolute Gasteiger partial charge is 0.318 e. The molecule has 5 nitrogen and oxygen atoms in total. The molecule has 1 aliphatic heterocycles. The van der Waals surface area contributed by atoms with Gasteiger partial charge in [0.2, 0.25) is 5.91 Å². The van der Waals surface area contributed by atoms with Gasteiger partial charge >= 0.3 is 0 Å². The maximum atomic E-state index is 11.6. The van der Waals surface area contributed by atoms with E-state index in [0.717, 1.165) is 6.42 Å². The van der Waals surface area contributed by atoms with Crippen LogP contribution in [-0.2, 0) is 13.9 Å². The summed E-state index contributed by atoms with van der Waals surface area (Å²) in [7, 11) is -2.30. The number of hydrogen-bond donors (Lipinski definition) is 0. The summed E-state index contributed by atoms with van der Waals surface area (Å²) in [5, 5.41) is 1.59. The van der Waals surface area contributed by atoms with Crippen LogP contribution in [0, 0.1) is 0 Å². The number of rotatable bonds is 4. The number of carbonyl (C=O) groups is 1. The smallest absolute Gasteiger partial charge is 0.278 e. The van der Waals surface area contributed by atoms with Gasteiger partial charge in [-0.05, 0) is 6.42 Å².